The van der Waals surface area contributed by atoms with Gasteiger partial charge in [-0.3, -0.25) is 10.1 Å². The number of aromatic nitrogens is 2. The van der Waals surface area contributed by atoms with Crippen LogP contribution in [0.1, 0.15) is 35.7 Å². The average molecular weight is 494 g/mol. The number of hydrogen-bond donors (Lipinski definition) is 1. The second-order valence-corrected chi connectivity index (χ2v) is 9.77. The zero-order valence-corrected chi connectivity index (χ0v) is 20.6. The van der Waals surface area contributed by atoms with Gasteiger partial charge >= 0.3 is 0 Å². The Morgan fingerprint density at radius 1 is 0.889 bits per heavy atom. The van der Waals surface area contributed by atoms with Gasteiger partial charge in [-0.15, -0.1) is 11.3 Å². The minimum atomic E-state index is -0.230. The monoisotopic (exact) mass is 493 g/mol. The maximum Gasteiger partial charge on any atom is 0.258 e. The molecule has 7 heteroatoms. The molecule has 0 saturated carbocycles. The molecule has 0 radical (unpaired) electrons. The summed E-state index contributed by atoms with van der Waals surface area (Å²) < 4.78 is 11.0. The molecule has 2 aromatic heterocycles. The van der Waals surface area contributed by atoms with Gasteiger partial charge in [-0.2, -0.15) is 0 Å². The Kier molecular flexibility index (Phi) is 5.62. The zero-order chi connectivity index (χ0) is 24.6. The van der Waals surface area contributed by atoms with E-state index in [4.69, 9.17) is 14.5 Å². The third kappa shape index (κ3) is 4.18. The third-order valence-corrected chi connectivity index (χ3v) is 6.98. The van der Waals surface area contributed by atoms with E-state index in [1.54, 1.807) is 0 Å². The van der Waals surface area contributed by atoms with Crippen LogP contribution in [0.2, 0.25) is 0 Å². The van der Waals surface area contributed by atoms with Crippen molar-refractivity contribution in [2.75, 3.05) is 12.1 Å². The van der Waals surface area contributed by atoms with Crippen molar-refractivity contribution in [1.82, 2.24) is 9.97 Å². The SMILES string of the molecule is CC(C)c1ccc(-c2csc(NC(=O)c3cc(-c4ccc5c(c4)OCO5)nc4ccccc34)n2)cc1. The summed E-state index contributed by atoms with van der Waals surface area (Å²) in [7, 11) is 0. The molecular formula is C29H23N3O3S. The number of fused-ring (bicyclic) bond motifs is 2. The number of thiazole rings is 1. The fourth-order valence-electron chi connectivity index (χ4n) is 4.23. The van der Waals surface area contributed by atoms with Crippen LogP contribution < -0.4 is 14.8 Å². The Balaban J connectivity index is 1.31. The van der Waals surface area contributed by atoms with E-state index in [1.165, 1.54) is 16.9 Å². The molecule has 178 valence electrons. The Morgan fingerprint density at radius 2 is 1.67 bits per heavy atom. The summed E-state index contributed by atoms with van der Waals surface area (Å²) in [6.45, 7) is 4.55. The number of carbonyl (C=O) groups excluding carboxylic acids is 1. The molecule has 1 amide bonds. The number of para-hydroxylation sites is 1. The molecule has 1 aliphatic rings. The summed E-state index contributed by atoms with van der Waals surface area (Å²) in [5, 5.41) is 6.28. The maximum absolute atomic E-state index is 13.4. The average Bonchev–Trinajstić information content (AvgIpc) is 3.57. The van der Waals surface area contributed by atoms with E-state index in [0.29, 0.717) is 33.8 Å². The van der Waals surface area contributed by atoms with E-state index in [1.807, 2.05) is 53.9 Å². The standard InChI is InChI=1S/C29H23N3O3S/c1-17(2)18-7-9-19(10-8-18)25-15-36-29(31-25)32-28(33)22-14-24(30-23-6-4-3-5-21(22)23)20-11-12-26-27(13-20)35-16-34-26/h3-15,17H,16H2,1-2H3,(H,31,32,33). The number of amides is 1. The molecule has 3 aromatic carbocycles. The molecule has 6 rings (SSSR count). The zero-order valence-electron chi connectivity index (χ0n) is 19.8. The molecule has 0 saturated heterocycles. The highest BCUT2D eigenvalue weighted by molar-refractivity contribution is 7.14. The number of carbonyl (C=O) groups is 1. The highest BCUT2D eigenvalue weighted by Crippen LogP contribution is 2.36. The first kappa shape index (κ1) is 22.2. The van der Waals surface area contributed by atoms with Gasteiger partial charge in [0.15, 0.2) is 16.6 Å². The minimum Gasteiger partial charge on any atom is -0.454 e. The molecule has 0 atom stereocenters. The highest BCUT2D eigenvalue weighted by atomic mass is 32.1. The number of nitrogens with one attached hydrogen (secondary N) is 1. The lowest BCUT2D eigenvalue weighted by molar-refractivity contribution is 0.102. The number of ether oxygens (including phenoxy) is 2. The van der Waals surface area contributed by atoms with Crippen molar-refractivity contribution in [2.45, 2.75) is 19.8 Å². The number of hydrogen-bond acceptors (Lipinski definition) is 6. The van der Waals surface area contributed by atoms with E-state index < -0.39 is 0 Å². The van der Waals surface area contributed by atoms with Gasteiger partial charge in [-0.05, 0) is 41.8 Å². The topological polar surface area (TPSA) is 73.3 Å². The first-order chi connectivity index (χ1) is 17.5. The molecule has 0 bridgehead atoms. The number of nitrogens with zero attached hydrogens (tertiary/aromatic N) is 2. The lowest BCUT2D eigenvalue weighted by atomic mass is 10.0. The largest absolute Gasteiger partial charge is 0.454 e. The molecule has 1 aliphatic heterocycles. The molecule has 0 spiro atoms. The molecule has 0 unspecified atom stereocenters. The minimum absolute atomic E-state index is 0.204. The first-order valence-electron chi connectivity index (χ1n) is 11.7. The van der Waals surface area contributed by atoms with Crippen molar-refractivity contribution < 1.29 is 14.3 Å². The highest BCUT2D eigenvalue weighted by Gasteiger charge is 2.18. The van der Waals surface area contributed by atoms with Gasteiger partial charge in [0.05, 0.1) is 22.5 Å². The molecule has 1 N–H and O–H groups in total. The van der Waals surface area contributed by atoms with Crippen molar-refractivity contribution in [3.05, 3.63) is 89.3 Å². The van der Waals surface area contributed by atoms with Gasteiger partial charge in [-0.1, -0.05) is 56.3 Å². The third-order valence-electron chi connectivity index (χ3n) is 6.23. The first-order valence-corrected chi connectivity index (χ1v) is 12.6. The molecule has 0 fully saturated rings. The second-order valence-electron chi connectivity index (χ2n) is 8.91. The Labute approximate surface area is 212 Å². The summed E-state index contributed by atoms with van der Waals surface area (Å²) in [5.41, 5.74) is 5.95. The normalized spacial score (nSPS) is 12.3. The summed E-state index contributed by atoms with van der Waals surface area (Å²) in [6, 6.07) is 23.5. The van der Waals surface area contributed by atoms with Gasteiger partial charge < -0.3 is 9.47 Å². The second kappa shape index (κ2) is 9.09. The summed E-state index contributed by atoms with van der Waals surface area (Å²) in [5.74, 6) is 1.62. The number of pyridine rings is 1. The number of anilines is 1. The fraction of sp³-hybridized carbons (Fsp3) is 0.138. The summed E-state index contributed by atoms with van der Waals surface area (Å²) in [4.78, 5) is 22.9. The Hall–Kier alpha value is -4.23. The van der Waals surface area contributed by atoms with Crippen LogP contribution in [0.25, 0.3) is 33.4 Å². The van der Waals surface area contributed by atoms with Crippen molar-refractivity contribution in [3.63, 3.8) is 0 Å². The maximum atomic E-state index is 13.4. The van der Waals surface area contributed by atoms with Crippen LogP contribution in [0.3, 0.4) is 0 Å². The summed E-state index contributed by atoms with van der Waals surface area (Å²) in [6.07, 6.45) is 0. The van der Waals surface area contributed by atoms with Crippen LogP contribution in [0.4, 0.5) is 5.13 Å². The van der Waals surface area contributed by atoms with Crippen LogP contribution in [-0.2, 0) is 0 Å². The number of rotatable bonds is 5. The number of benzene rings is 3. The molecule has 6 nitrogen and oxygen atoms in total. The molecular weight excluding hydrogens is 470 g/mol. The van der Waals surface area contributed by atoms with Crippen molar-refractivity contribution in [3.8, 4) is 34.0 Å². The lowest BCUT2D eigenvalue weighted by Gasteiger charge is -2.10. The summed E-state index contributed by atoms with van der Waals surface area (Å²) >= 11 is 1.41. The van der Waals surface area contributed by atoms with E-state index >= 15 is 0 Å². The molecule has 0 aliphatic carbocycles. The van der Waals surface area contributed by atoms with Crippen LogP contribution >= 0.6 is 11.3 Å². The van der Waals surface area contributed by atoms with Gasteiger partial charge in [0.1, 0.15) is 0 Å². The van der Waals surface area contributed by atoms with Crippen LogP contribution in [0.15, 0.2) is 78.2 Å². The van der Waals surface area contributed by atoms with Gasteiger partial charge in [-0.25, -0.2) is 9.97 Å². The fourth-order valence-corrected chi connectivity index (χ4v) is 4.95. The molecule has 3 heterocycles. The van der Waals surface area contributed by atoms with Crippen LogP contribution in [0.5, 0.6) is 11.5 Å². The van der Waals surface area contributed by atoms with Gasteiger partial charge in [0.2, 0.25) is 6.79 Å². The van der Waals surface area contributed by atoms with E-state index in [2.05, 4.69) is 48.4 Å². The Bertz CT molecular complexity index is 1590. The predicted octanol–water partition coefficient (Wildman–Crippen LogP) is 7.13. The quantitative estimate of drug-likeness (QED) is 0.282. The van der Waals surface area contributed by atoms with Crippen molar-refractivity contribution >= 4 is 33.3 Å². The van der Waals surface area contributed by atoms with Crippen molar-refractivity contribution in [2.24, 2.45) is 0 Å². The van der Waals surface area contributed by atoms with E-state index in [9.17, 15) is 4.79 Å². The van der Waals surface area contributed by atoms with E-state index in [0.717, 1.165) is 27.7 Å². The lowest BCUT2D eigenvalue weighted by Crippen LogP contribution is -2.13. The van der Waals surface area contributed by atoms with Crippen LogP contribution in [0, 0.1) is 0 Å². The van der Waals surface area contributed by atoms with Gasteiger partial charge in [0, 0.05) is 21.9 Å². The predicted molar refractivity (Wildman–Crippen MR) is 143 cm³/mol. The molecule has 5 aromatic rings. The van der Waals surface area contributed by atoms with Gasteiger partial charge in [0.25, 0.3) is 5.91 Å². The van der Waals surface area contributed by atoms with Crippen LogP contribution in [-0.4, -0.2) is 22.7 Å². The Morgan fingerprint density at radius 3 is 2.50 bits per heavy atom. The van der Waals surface area contributed by atoms with E-state index in [-0.39, 0.29) is 12.7 Å². The smallest absolute Gasteiger partial charge is 0.258 e. The molecule has 36 heavy (non-hydrogen) atoms. The van der Waals surface area contributed by atoms with Crippen molar-refractivity contribution in [1.29, 1.82) is 0 Å².